The summed E-state index contributed by atoms with van der Waals surface area (Å²) in [7, 11) is 0. The van der Waals surface area contributed by atoms with Crippen molar-refractivity contribution in [2.24, 2.45) is 0 Å². The molecule has 0 saturated carbocycles. The van der Waals surface area contributed by atoms with Crippen LogP contribution in [0.1, 0.15) is 22.8 Å². The highest BCUT2D eigenvalue weighted by atomic mass is 19.4. The number of alkyl halides is 3. The summed E-state index contributed by atoms with van der Waals surface area (Å²) in [6.07, 6.45) is -4.62. The second kappa shape index (κ2) is 6.22. The third-order valence-electron chi connectivity index (χ3n) is 6.03. The average Bonchev–Trinajstić information content (AvgIpc) is 3.07. The normalized spacial score (nSPS) is 33.0. The smallest absolute Gasteiger partial charge is 0.383 e. The molecule has 0 aliphatic carbocycles. The minimum atomic E-state index is -4.62. The number of hydrogen-bond acceptors (Lipinski definition) is 5. The Labute approximate surface area is 168 Å². The van der Waals surface area contributed by atoms with Crippen LogP contribution in [0.5, 0.6) is 0 Å². The average molecular weight is 427 g/mol. The van der Waals surface area contributed by atoms with Gasteiger partial charge in [-0.15, -0.1) is 0 Å². The largest absolute Gasteiger partial charge is 0.416 e. The summed E-state index contributed by atoms with van der Waals surface area (Å²) >= 11 is 0. The molecule has 4 rings (SSSR count). The molecule has 4 atom stereocenters. The van der Waals surface area contributed by atoms with Crippen molar-refractivity contribution in [3.63, 3.8) is 0 Å². The second-order valence-electron chi connectivity index (χ2n) is 7.68. The topological polar surface area (TPSA) is 148 Å². The highest BCUT2D eigenvalue weighted by molar-refractivity contribution is 5.95. The summed E-state index contributed by atoms with van der Waals surface area (Å²) in [5.74, 6) is -1.35. The van der Waals surface area contributed by atoms with E-state index in [0.29, 0.717) is 11.1 Å². The van der Waals surface area contributed by atoms with Gasteiger partial charge in [-0.2, -0.15) is 18.2 Å². The van der Waals surface area contributed by atoms with Gasteiger partial charge in [0.05, 0.1) is 17.6 Å². The SMILES string of the molecule is C[C@]1(O)C(NC(=O)c2cccc(C(F)(F)F)c2)CN2C(=N)NCC3NC(=N)N(O)C321. The number of carbonyl (C=O) groups is 1. The molecule has 3 heterocycles. The van der Waals surface area contributed by atoms with Gasteiger partial charge >= 0.3 is 6.18 Å². The molecular weight excluding hydrogens is 407 g/mol. The molecule has 162 valence electrons. The summed E-state index contributed by atoms with van der Waals surface area (Å²) in [4.78, 5) is 14.0. The molecule has 10 nitrogen and oxygen atoms in total. The van der Waals surface area contributed by atoms with Crippen LogP contribution in [0.2, 0.25) is 0 Å². The van der Waals surface area contributed by atoms with E-state index < -0.39 is 41.0 Å². The highest BCUT2D eigenvalue weighted by Crippen LogP contribution is 2.46. The predicted octanol–water partition coefficient (Wildman–Crippen LogP) is -0.298. The maximum absolute atomic E-state index is 13.0. The molecule has 1 amide bonds. The lowest BCUT2D eigenvalue weighted by Crippen LogP contribution is -2.77. The molecule has 1 spiro atoms. The number of rotatable bonds is 2. The van der Waals surface area contributed by atoms with Crippen LogP contribution in [0.4, 0.5) is 13.2 Å². The first-order chi connectivity index (χ1) is 13.9. The Morgan fingerprint density at radius 2 is 2.03 bits per heavy atom. The fourth-order valence-corrected chi connectivity index (χ4v) is 4.56. The molecule has 0 aromatic heterocycles. The molecule has 3 unspecified atom stereocenters. The Bertz CT molecular complexity index is 937. The van der Waals surface area contributed by atoms with Gasteiger partial charge in [-0.05, 0) is 25.1 Å². The zero-order valence-electron chi connectivity index (χ0n) is 15.7. The first kappa shape index (κ1) is 20.2. The third kappa shape index (κ3) is 2.55. The number of halogens is 3. The molecule has 1 aromatic carbocycles. The molecule has 30 heavy (non-hydrogen) atoms. The van der Waals surface area contributed by atoms with Crippen LogP contribution in [0.15, 0.2) is 24.3 Å². The maximum Gasteiger partial charge on any atom is 0.416 e. The highest BCUT2D eigenvalue weighted by Gasteiger charge is 2.74. The van der Waals surface area contributed by atoms with E-state index in [1.807, 2.05) is 0 Å². The van der Waals surface area contributed by atoms with E-state index >= 15 is 0 Å². The van der Waals surface area contributed by atoms with Crippen LogP contribution in [0, 0.1) is 10.8 Å². The molecular formula is C17H20F3N7O3. The molecule has 13 heteroatoms. The van der Waals surface area contributed by atoms with Gasteiger partial charge in [-0.1, -0.05) is 6.07 Å². The number of carbonyl (C=O) groups excluding carboxylic acids is 1. The molecule has 3 fully saturated rings. The maximum atomic E-state index is 13.0. The van der Waals surface area contributed by atoms with Crippen molar-refractivity contribution in [2.45, 2.75) is 36.4 Å². The van der Waals surface area contributed by atoms with Gasteiger partial charge in [0.25, 0.3) is 5.91 Å². The Balaban J connectivity index is 1.66. The van der Waals surface area contributed by atoms with Gasteiger partial charge in [0.1, 0.15) is 5.60 Å². The van der Waals surface area contributed by atoms with E-state index in [9.17, 15) is 28.3 Å². The molecule has 0 radical (unpaired) electrons. The summed E-state index contributed by atoms with van der Waals surface area (Å²) in [5, 5.41) is 46.6. The summed E-state index contributed by atoms with van der Waals surface area (Å²) in [6, 6.07) is 2.12. The zero-order valence-corrected chi connectivity index (χ0v) is 15.7. The standard InChI is InChI=1S/C17H20F3N7O3/c1-15(29)11(24-12(28)8-3-2-4-9(5-8)17(18,19)20)7-26-13(21)23-6-10-16(15,26)27(30)14(22)25-10/h2-5,10-11,29-30H,6-7H2,1H3,(H2,21,23)(H2,22,25)(H,24,28)/t10?,11?,15-,16?/m0/s1. The van der Waals surface area contributed by atoms with Gasteiger partial charge in [0.2, 0.25) is 5.96 Å². The monoisotopic (exact) mass is 427 g/mol. The van der Waals surface area contributed by atoms with Gasteiger partial charge in [-0.3, -0.25) is 20.8 Å². The van der Waals surface area contributed by atoms with Crippen LogP contribution in [0.25, 0.3) is 0 Å². The minimum Gasteiger partial charge on any atom is -0.383 e. The Morgan fingerprint density at radius 1 is 1.33 bits per heavy atom. The Kier molecular flexibility index (Phi) is 4.19. The van der Waals surface area contributed by atoms with E-state index in [4.69, 9.17) is 10.8 Å². The Hall–Kier alpha value is -3.06. The first-order valence-corrected chi connectivity index (χ1v) is 9.05. The van der Waals surface area contributed by atoms with Crippen molar-refractivity contribution in [3.8, 4) is 0 Å². The fourth-order valence-electron chi connectivity index (χ4n) is 4.56. The number of hydrogen-bond donors (Lipinski definition) is 7. The lowest BCUT2D eigenvalue weighted by Gasteiger charge is -2.51. The van der Waals surface area contributed by atoms with Gasteiger partial charge < -0.3 is 26.0 Å². The number of guanidine groups is 2. The molecule has 0 bridgehead atoms. The van der Waals surface area contributed by atoms with Crippen LogP contribution in [-0.2, 0) is 6.18 Å². The quantitative estimate of drug-likeness (QED) is 0.343. The molecule has 1 aromatic rings. The van der Waals surface area contributed by atoms with Gasteiger partial charge in [0, 0.05) is 18.7 Å². The van der Waals surface area contributed by atoms with Crippen molar-refractivity contribution in [1.29, 1.82) is 10.8 Å². The van der Waals surface area contributed by atoms with Crippen LogP contribution in [0.3, 0.4) is 0 Å². The lowest BCUT2D eigenvalue weighted by molar-refractivity contribution is -0.214. The van der Waals surface area contributed by atoms with E-state index in [1.165, 1.54) is 17.9 Å². The van der Waals surface area contributed by atoms with E-state index in [0.717, 1.165) is 12.1 Å². The number of nitrogens with zero attached hydrogens (tertiary/aromatic N) is 2. The zero-order chi connectivity index (χ0) is 22.1. The summed E-state index contributed by atoms with van der Waals surface area (Å²) in [6.45, 7) is 1.35. The Morgan fingerprint density at radius 3 is 2.70 bits per heavy atom. The molecule has 3 aliphatic rings. The predicted molar refractivity (Wildman–Crippen MR) is 96.8 cm³/mol. The molecule has 3 saturated heterocycles. The van der Waals surface area contributed by atoms with E-state index in [1.54, 1.807) is 0 Å². The van der Waals surface area contributed by atoms with E-state index in [2.05, 4.69) is 16.0 Å². The van der Waals surface area contributed by atoms with Crippen LogP contribution in [-0.4, -0.2) is 74.5 Å². The third-order valence-corrected chi connectivity index (χ3v) is 6.03. The number of benzene rings is 1. The van der Waals surface area contributed by atoms with Crippen molar-refractivity contribution in [3.05, 3.63) is 35.4 Å². The van der Waals surface area contributed by atoms with Crippen molar-refractivity contribution in [1.82, 2.24) is 25.9 Å². The summed E-state index contributed by atoms with van der Waals surface area (Å²) < 4.78 is 38.9. The van der Waals surface area contributed by atoms with Crippen LogP contribution >= 0.6 is 0 Å². The van der Waals surface area contributed by atoms with Gasteiger partial charge in [-0.25, -0.2) is 0 Å². The number of hydroxylamine groups is 2. The number of nitrogens with one attached hydrogen (secondary N) is 5. The fraction of sp³-hybridized carbons (Fsp3) is 0.471. The minimum absolute atomic E-state index is 0.119. The molecule has 7 N–H and O–H groups in total. The van der Waals surface area contributed by atoms with Crippen molar-refractivity contribution in [2.75, 3.05) is 13.1 Å². The lowest BCUT2D eigenvalue weighted by atomic mass is 9.81. The van der Waals surface area contributed by atoms with Gasteiger partial charge in [0.15, 0.2) is 11.6 Å². The summed E-state index contributed by atoms with van der Waals surface area (Å²) in [5.41, 5.74) is -4.76. The van der Waals surface area contributed by atoms with E-state index in [-0.39, 0.29) is 30.6 Å². The molecule has 3 aliphatic heterocycles. The van der Waals surface area contributed by atoms with Crippen molar-refractivity contribution < 1.29 is 28.3 Å². The van der Waals surface area contributed by atoms with Crippen LogP contribution < -0.4 is 16.0 Å². The first-order valence-electron chi connectivity index (χ1n) is 9.05. The number of amides is 1. The van der Waals surface area contributed by atoms with Crippen molar-refractivity contribution >= 4 is 17.8 Å². The second-order valence-corrected chi connectivity index (χ2v) is 7.68. The number of aliphatic hydroxyl groups is 1.